The molecule has 4 aromatic carbocycles. The van der Waals surface area contributed by atoms with Crippen LogP contribution >= 0.6 is 27.3 Å². The number of halogens is 3. The van der Waals surface area contributed by atoms with Crippen molar-refractivity contribution >= 4 is 44.9 Å². The Morgan fingerprint density at radius 3 is 2.48 bits per heavy atom. The minimum absolute atomic E-state index is 0.0616. The van der Waals surface area contributed by atoms with E-state index >= 15 is 0 Å². The first kappa shape index (κ1) is 29.4. The summed E-state index contributed by atoms with van der Waals surface area (Å²) in [5.41, 5.74) is 2.74. The van der Waals surface area contributed by atoms with Gasteiger partial charge in [-0.05, 0) is 82.5 Å². The Bertz CT molecular complexity index is 2090. The van der Waals surface area contributed by atoms with E-state index in [9.17, 15) is 18.4 Å². The highest BCUT2D eigenvalue weighted by molar-refractivity contribution is 9.10. The van der Waals surface area contributed by atoms with Crippen LogP contribution in [-0.4, -0.2) is 10.5 Å². The fourth-order valence-corrected chi connectivity index (χ4v) is 6.50. The molecule has 0 fully saturated rings. The number of hydrogen-bond acceptors (Lipinski definition) is 5. The summed E-state index contributed by atoms with van der Waals surface area (Å²) in [5, 5.41) is 2.90. The first-order valence-electron chi connectivity index (χ1n) is 13.6. The maximum Gasteiger partial charge on any atom is 0.271 e. The second kappa shape index (κ2) is 12.5. The van der Waals surface area contributed by atoms with E-state index in [0.29, 0.717) is 47.6 Å². The highest BCUT2D eigenvalue weighted by Gasteiger charge is 2.32. The second-order valence-corrected chi connectivity index (χ2v) is 11.9. The maximum atomic E-state index is 14.0. The van der Waals surface area contributed by atoms with Crippen LogP contribution in [0, 0.1) is 11.6 Å². The number of hydrogen-bond donors (Lipinski definition) is 1. The van der Waals surface area contributed by atoms with Crippen LogP contribution in [0.2, 0.25) is 0 Å². The lowest BCUT2D eigenvalue weighted by atomic mass is 9.95. The van der Waals surface area contributed by atoms with Crippen molar-refractivity contribution in [3.05, 3.63) is 161 Å². The first-order chi connectivity index (χ1) is 21.3. The summed E-state index contributed by atoms with van der Waals surface area (Å²) < 4.78 is 36.2. The molecule has 1 aliphatic heterocycles. The largest absolute Gasteiger partial charge is 0.488 e. The summed E-state index contributed by atoms with van der Waals surface area (Å²) in [7, 11) is 0. The predicted molar refractivity (Wildman–Crippen MR) is 170 cm³/mol. The lowest BCUT2D eigenvalue weighted by Gasteiger charge is -2.25. The Kier molecular flexibility index (Phi) is 8.36. The highest BCUT2D eigenvalue weighted by atomic mass is 79.9. The van der Waals surface area contributed by atoms with Gasteiger partial charge < -0.3 is 10.1 Å². The molecule has 220 valence electrons. The van der Waals surface area contributed by atoms with E-state index in [1.54, 1.807) is 73.7 Å². The monoisotopic (exact) mass is 671 g/mol. The molecule has 6 rings (SSSR count). The average Bonchev–Trinajstić information content (AvgIpc) is 3.31. The Morgan fingerprint density at radius 1 is 1.02 bits per heavy atom. The molecule has 44 heavy (non-hydrogen) atoms. The van der Waals surface area contributed by atoms with Crippen molar-refractivity contribution in [1.82, 2.24) is 4.57 Å². The number of para-hydroxylation sites is 1. The number of amides is 1. The third-order valence-corrected chi connectivity index (χ3v) is 8.68. The van der Waals surface area contributed by atoms with Crippen molar-refractivity contribution in [2.75, 3.05) is 5.32 Å². The SMILES string of the molecule is CC1=C(C(=O)Nc2ccccc2)[C@H](c2ccc(F)cc2)n2c(s/c(=C\c3ccc(OCc4ccccc4F)c(Br)c3)c2=O)=N1. The molecule has 1 aliphatic rings. The summed E-state index contributed by atoms with van der Waals surface area (Å²) >= 11 is 4.71. The molecule has 1 aromatic heterocycles. The number of anilines is 1. The molecule has 2 heterocycles. The van der Waals surface area contributed by atoms with Gasteiger partial charge in [-0.15, -0.1) is 0 Å². The second-order valence-electron chi connectivity index (χ2n) is 10.0. The molecule has 0 saturated heterocycles. The number of aromatic nitrogens is 1. The van der Waals surface area contributed by atoms with E-state index < -0.39 is 17.8 Å². The van der Waals surface area contributed by atoms with Crippen molar-refractivity contribution in [3.8, 4) is 5.75 Å². The molecule has 1 N–H and O–H groups in total. The van der Waals surface area contributed by atoms with Gasteiger partial charge in [0.2, 0.25) is 0 Å². The average molecular weight is 673 g/mol. The molecule has 0 unspecified atom stereocenters. The molecule has 0 radical (unpaired) electrons. The van der Waals surface area contributed by atoms with Gasteiger partial charge in [-0.2, -0.15) is 0 Å². The number of nitrogens with zero attached hydrogens (tertiary/aromatic N) is 2. The van der Waals surface area contributed by atoms with Crippen molar-refractivity contribution in [2.45, 2.75) is 19.6 Å². The van der Waals surface area contributed by atoms with E-state index in [0.717, 1.165) is 5.56 Å². The Morgan fingerprint density at radius 2 is 1.75 bits per heavy atom. The zero-order valence-electron chi connectivity index (χ0n) is 23.3. The van der Waals surface area contributed by atoms with E-state index in [1.165, 1.54) is 34.1 Å². The van der Waals surface area contributed by atoms with Crippen LogP contribution in [0.3, 0.4) is 0 Å². The molecule has 0 saturated carbocycles. The maximum absolute atomic E-state index is 14.0. The number of fused-ring (bicyclic) bond motifs is 1. The molecular formula is C34H24BrF2N3O3S. The van der Waals surface area contributed by atoms with Gasteiger partial charge in [-0.25, -0.2) is 13.8 Å². The molecule has 6 nitrogen and oxygen atoms in total. The predicted octanol–water partition coefficient (Wildman–Crippen LogP) is 6.49. The van der Waals surface area contributed by atoms with Gasteiger partial charge in [0.05, 0.1) is 26.3 Å². The van der Waals surface area contributed by atoms with Crippen molar-refractivity contribution < 1.29 is 18.3 Å². The number of allylic oxidation sites excluding steroid dienone is 1. The van der Waals surface area contributed by atoms with Crippen molar-refractivity contribution in [1.29, 1.82) is 0 Å². The molecular weight excluding hydrogens is 648 g/mol. The van der Waals surface area contributed by atoms with E-state index in [4.69, 9.17) is 4.74 Å². The number of ether oxygens (including phenoxy) is 1. The Labute approximate surface area is 263 Å². The van der Waals surface area contributed by atoms with Crippen molar-refractivity contribution in [2.24, 2.45) is 4.99 Å². The van der Waals surface area contributed by atoms with Crippen LogP contribution in [0.1, 0.15) is 29.7 Å². The van der Waals surface area contributed by atoms with E-state index in [-0.39, 0.29) is 18.0 Å². The number of benzene rings is 4. The minimum atomic E-state index is -0.821. The fourth-order valence-electron chi connectivity index (χ4n) is 4.94. The van der Waals surface area contributed by atoms with E-state index in [2.05, 4.69) is 26.2 Å². The molecule has 0 spiro atoms. The van der Waals surface area contributed by atoms with Crippen LogP contribution in [0.4, 0.5) is 14.5 Å². The number of nitrogens with one attached hydrogen (secondary N) is 1. The highest BCUT2D eigenvalue weighted by Crippen LogP contribution is 2.31. The smallest absolute Gasteiger partial charge is 0.271 e. The summed E-state index contributed by atoms with van der Waals surface area (Å²) in [6.45, 7) is 1.79. The Hall–Kier alpha value is -4.67. The summed E-state index contributed by atoms with van der Waals surface area (Å²) in [5.74, 6) is -0.654. The molecule has 10 heteroatoms. The van der Waals surface area contributed by atoms with Crippen LogP contribution in [0.25, 0.3) is 6.08 Å². The molecule has 0 bridgehead atoms. The lowest BCUT2D eigenvalue weighted by Crippen LogP contribution is -2.40. The van der Waals surface area contributed by atoms with Gasteiger partial charge in [0, 0.05) is 11.3 Å². The zero-order chi connectivity index (χ0) is 30.8. The van der Waals surface area contributed by atoms with Gasteiger partial charge in [0.15, 0.2) is 4.80 Å². The topological polar surface area (TPSA) is 72.7 Å². The van der Waals surface area contributed by atoms with Gasteiger partial charge in [0.1, 0.15) is 24.0 Å². The number of carbonyl (C=O) groups excluding carboxylic acids is 1. The Balaban J connectivity index is 1.37. The van der Waals surface area contributed by atoms with Gasteiger partial charge >= 0.3 is 0 Å². The zero-order valence-corrected chi connectivity index (χ0v) is 25.7. The summed E-state index contributed by atoms with van der Waals surface area (Å²) in [6, 6.07) is 25.7. The van der Waals surface area contributed by atoms with Crippen LogP contribution in [0.5, 0.6) is 5.75 Å². The van der Waals surface area contributed by atoms with Crippen LogP contribution in [-0.2, 0) is 11.4 Å². The first-order valence-corrected chi connectivity index (χ1v) is 15.2. The van der Waals surface area contributed by atoms with Crippen LogP contribution < -0.4 is 24.9 Å². The van der Waals surface area contributed by atoms with Gasteiger partial charge in [-0.3, -0.25) is 14.2 Å². The fraction of sp³-hybridized carbons (Fsp3) is 0.0882. The van der Waals surface area contributed by atoms with Gasteiger partial charge in [0.25, 0.3) is 11.5 Å². The number of rotatable bonds is 7. The molecule has 1 atom stereocenters. The molecule has 5 aromatic rings. The van der Waals surface area contributed by atoms with E-state index in [1.807, 2.05) is 18.2 Å². The minimum Gasteiger partial charge on any atom is -0.488 e. The quantitative estimate of drug-likeness (QED) is 0.215. The number of carbonyl (C=O) groups is 1. The molecule has 1 amide bonds. The van der Waals surface area contributed by atoms with Gasteiger partial charge in [-0.1, -0.05) is 65.9 Å². The van der Waals surface area contributed by atoms with Crippen molar-refractivity contribution in [3.63, 3.8) is 0 Å². The third kappa shape index (κ3) is 6.04. The standard InChI is InChI=1S/C34H24BrF2N3O3S/c1-20-30(32(41)39-25-8-3-2-4-9-25)31(22-12-14-24(36)15-13-22)40-33(42)29(44-34(40)38-20)18-21-11-16-28(26(35)17-21)43-19-23-7-5-6-10-27(23)37/h2-18,31H,19H2,1H3,(H,39,41)/b29-18-/t31-/m0/s1. The molecule has 0 aliphatic carbocycles. The third-order valence-electron chi connectivity index (χ3n) is 7.08. The lowest BCUT2D eigenvalue weighted by molar-refractivity contribution is -0.113. The number of thiazole rings is 1. The summed E-state index contributed by atoms with van der Waals surface area (Å²) in [6.07, 6.45) is 1.74. The van der Waals surface area contributed by atoms with Crippen LogP contribution in [0.15, 0.2) is 123 Å². The normalized spacial score (nSPS) is 14.6. The summed E-state index contributed by atoms with van der Waals surface area (Å²) in [4.78, 5) is 32.6.